The molecule has 0 aromatic carbocycles. The third kappa shape index (κ3) is 1.97. The Morgan fingerprint density at radius 3 is 2.89 bits per heavy atom. The van der Waals surface area contributed by atoms with Gasteiger partial charge >= 0.3 is 0 Å². The Kier molecular flexibility index (Phi) is 2.55. The zero-order chi connectivity index (χ0) is 13.6. The first-order chi connectivity index (χ1) is 8.98. The number of fused-ring (bicyclic) bond motifs is 1. The van der Waals surface area contributed by atoms with E-state index in [9.17, 15) is 4.79 Å². The molecule has 0 saturated carbocycles. The Balaban J connectivity index is 2.04. The molecule has 0 radical (unpaired) electrons. The Morgan fingerprint density at radius 1 is 1.42 bits per heavy atom. The summed E-state index contributed by atoms with van der Waals surface area (Å²) in [5, 5.41) is 14.1. The number of aromatic nitrogens is 5. The molecule has 2 heterocycles. The van der Waals surface area contributed by atoms with Gasteiger partial charge in [0.1, 0.15) is 0 Å². The van der Waals surface area contributed by atoms with E-state index in [1.54, 1.807) is 0 Å². The molecule has 19 heavy (non-hydrogen) atoms. The number of hydrogen-bond acceptors (Lipinski definition) is 4. The Bertz CT molecular complexity index is 611. The van der Waals surface area contributed by atoms with E-state index in [2.05, 4.69) is 39.0 Å². The molecule has 0 saturated heterocycles. The van der Waals surface area contributed by atoms with Crippen molar-refractivity contribution >= 4 is 5.78 Å². The van der Waals surface area contributed by atoms with Crippen molar-refractivity contribution in [1.29, 1.82) is 0 Å². The fourth-order valence-corrected chi connectivity index (χ4v) is 2.80. The molecular weight excluding hydrogens is 242 g/mol. The zero-order valence-corrected chi connectivity index (χ0v) is 11.3. The number of Topliss-reactive ketones (excluding diaryl/α,β-unsaturated/α-hetero) is 1. The third-order valence-corrected chi connectivity index (χ3v) is 3.76. The van der Waals surface area contributed by atoms with Crippen molar-refractivity contribution < 1.29 is 4.79 Å². The number of nitrogens with zero attached hydrogens (tertiary/aromatic N) is 4. The summed E-state index contributed by atoms with van der Waals surface area (Å²) < 4.78 is 2.08. The highest BCUT2D eigenvalue weighted by Crippen LogP contribution is 2.36. The van der Waals surface area contributed by atoms with E-state index in [1.165, 1.54) is 0 Å². The van der Waals surface area contributed by atoms with Crippen LogP contribution in [0.1, 0.15) is 55.1 Å². The third-order valence-electron chi connectivity index (χ3n) is 3.76. The summed E-state index contributed by atoms with van der Waals surface area (Å²) in [4.78, 5) is 12.2. The molecule has 2 aromatic rings. The molecule has 6 nitrogen and oxygen atoms in total. The van der Waals surface area contributed by atoms with Crippen molar-refractivity contribution in [2.24, 2.45) is 5.41 Å². The average Bonchev–Trinajstić information content (AvgIpc) is 2.94. The summed E-state index contributed by atoms with van der Waals surface area (Å²) in [6, 6.07) is 1.88. The second-order valence-electron chi connectivity index (χ2n) is 5.97. The summed E-state index contributed by atoms with van der Waals surface area (Å²) in [6.07, 6.45) is 3.45. The van der Waals surface area contributed by atoms with Gasteiger partial charge in [-0.2, -0.15) is 5.21 Å². The van der Waals surface area contributed by atoms with E-state index in [0.717, 1.165) is 17.7 Å². The quantitative estimate of drug-likeness (QED) is 0.891. The van der Waals surface area contributed by atoms with Crippen molar-refractivity contribution in [2.75, 3.05) is 0 Å². The molecular formula is C13H17N5O. The molecule has 0 aliphatic heterocycles. The van der Waals surface area contributed by atoms with Gasteiger partial charge in [0.05, 0.1) is 6.04 Å². The number of carbonyl (C=O) groups excluding carboxylic acids is 1. The molecule has 1 atom stereocenters. The summed E-state index contributed by atoms with van der Waals surface area (Å²) in [5.41, 5.74) is 1.94. The number of carbonyl (C=O) groups is 1. The van der Waals surface area contributed by atoms with Gasteiger partial charge in [-0.25, -0.2) is 0 Å². The van der Waals surface area contributed by atoms with Crippen molar-refractivity contribution in [3.8, 4) is 0 Å². The number of tetrazole rings is 1. The number of hydrogen-bond donors (Lipinski definition) is 1. The fourth-order valence-electron chi connectivity index (χ4n) is 2.80. The molecule has 0 fully saturated rings. The average molecular weight is 259 g/mol. The van der Waals surface area contributed by atoms with Crippen LogP contribution >= 0.6 is 0 Å². The molecule has 1 N–H and O–H groups in total. The van der Waals surface area contributed by atoms with Crippen LogP contribution in [-0.4, -0.2) is 31.0 Å². The van der Waals surface area contributed by atoms with Gasteiger partial charge in [0.25, 0.3) is 0 Å². The van der Waals surface area contributed by atoms with E-state index in [-0.39, 0.29) is 17.2 Å². The van der Waals surface area contributed by atoms with Gasteiger partial charge in [-0.15, -0.1) is 10.2 Å². The Hall–Kier alpha value is -1.98. The molecule has 0 bridgehead atoms. The molecule has 1 unspecified atom stereocenters. The molecule has 2 aromatic heterocycles. The maximum atomic E-state index is 12.2. The van der Waals surface area contributed by atoms with E-state index < -0.39 is 0 Å². The SMILES string of the molecule is CC(c1nn[nH]n1)n1ccc2c1CC(C)(C)CC2=O. The molecule has 1 aliphatic carbocycles. The zero-order valence-electron chi connectivity index (χ0n) is 11.3. The smallest absolute Gasteiger partial charge is 0.196 e. The minimum Gasteiger partial charge on any atom is -0.340 e. The van der Waals surface area contributed by atoms with E-state index in [4.69, 9.17) is 0 Å². The predicted molar refractivity (Wildman–Crippen MR) is 68.9 cm³/mol. The summed E-state index contributed by atoms with van der Waals surface area (Å²) in [5.74, 6) is 0.861. The highest BCUT2D eigenvalue weighted by atomic mass is 16.1. The largest absolute Gasteiger partial charge is 0.340 e. The number of ketones is 1. The second kappa shape index (κ2) is 4.01. The molecule has 0 amide bonds. The first-order valence-corrected chi connectivity index (χ1v) is 6.44. The van der Waals surface area contributed by atoms with Crippen LogP contribution in [0.3, 0.4) is 0 Å². The van der Waals surface area contributed by atoms with Crippen LogP contribution in [0.25, 0.3) is 0 Å². The van der Waals surface area contributed by atoms with Gasteiger partial charge in [0.2, 0.25) is 0 Å². The second-order valence-corrected chi connectivity index (χ2v) is 5.97. The number of rotatable bonds is 2. The van der Waals surface area contributed by atoms with Crippen LogP contribution in [-0.2, 0) is 6.42 Å². The van der Waals surface area contributed by atoms with Gasteiger partial charge in [0, 0.05) is 23.9 Å². The van der Waals surface area contributed by atoms with Crippen molar-refractivity contribution in [3.63, 3.8) is 0 Å². The first-order valence-electron chi connectivity index (χ1n) is 6.44. The lowest BCUT2D eigenvalue weighted by Crippen LogP contribution is -2.28. The Labute approximate surface area is 111 Å². The highest BCUT2D eigenvalue weighted by molar-refractivity contribution is 5.98. The predicted octanol–water partition coefficient (Wildman–Crippen LogP) is 1.77. The molecule has 3 rings (SSSR count). The lowest BCUT2D eigenvalue weighted by molar-refractivity contribution is 0.0909. The van der Waals surface area contributed by atoms with Crippen LogP contribution in [0.2, 0.25) is 0 Å². The minimum atomic E-state index is -0.0239. The van der Waals surface area contributed by atoms with E-state index >= 15 is 0 Å². The van der Waals surface area contributed by atoms with Crippen LogP contribution in [0.15, 0.2) is 12.3 Å². The lowest BCUT2D eigenvalue weighted by atomic mass is 9.76. The van der Waals surface area contributed by atoms with Crippen molar-refractivity contribution in [3.05, 3.63) is 29.3 Å². The van der Waals surface area contributed by atoms with Crippen LogP contribution in [0.5, 0.6) is 0 Å². The maximum Gasteiger partial charge on any atom is 0.196 e. The number of H-pyrrole nitrogens is 1. The van der Waals surface area contributed by atoms with Gasteiger partial charge in [-0.1, -0.05) is 19.1 Å². The van der Waals surface area contributed by atoms with E-state index in [1.807, 2.05) is 19.2 Å². The molecule has 6 heteroatoms. The lowest BCUT2D eigenvalue weighted by Gasteiger charge is -2.30. The van der Waals surface area contributed by atoms with Gasteiger partial charge in [-0.05, 0) is 24.8 Å². The van der Waals surface area contributed by atoms with Crippen molar-refractivity contribution in [1.82, 2.24) is 25.2 Å². The monoisotopic (exact) mass is 259 g/mol. The van der Waals surface area contributed by atoms with Gasteiger partial charge in [-0.3, -0.25) is 4.79 Å². The minimum absolute atomic E-state index is 0.0111. The summed E-state index contributed by atoms with van der Waals surface area (Å²) in [7, 11) is 0. The highest BCUT2D eigenvalue weighted by Gasteiger charge is 2.34. The standard InChI is InChI=1S/C13H17N5O/c1-8(12-14-16-17-15-12)18-5-4-9-10(18)6-13(2,3)7-11(9)19/h4-5,8H,6-7H2,1-3H3,(H,14,15,16,17). The topological polar surface area (TPSA) is 76.5 Å². The molecule has 1 aliphatic rings. The first kappa shape index (κ1) is 12.1. The number of nitrogens with one attached hydrogen (secondary N) is 1. The number of aromatic amines is 1. The van der Waals surface area contributed by atoms with Crippen LogP contribution in [0.4, 0.5) is 0 Å². The normalized spacial score (nSPS) is 19.2. The van der Waals surface area contributed by atoms with Crippen molar-refractivity contribution in [2.45, 2.75) is 39.7 Å². The van der Waals surface area contributed by atoms with Crippen LogP contribution < -0.4 is 0 Å². The van der Waals surface area contributed by atoms with Gasteiger partial charge < -0.3 is 4.57 Å². The Morgan fingerprint density at radius 2 is 2.21 bits per heavy atom. The van der Waals surface area contributed by atoms with Gasteiger partial charge in [0.15, 0.2) is 11.6 Å². The maximum absolute atomic E-state index is 12.2. The summed E-state index contributed by atoms with van der Waals surface area (Å²) >= 11 is 0. The fraction of sp³-hybridized carbons (Fsp3) is 0.538. The molecule has 0 spiro atoms. The van der Waals surface area contributed by atoms with Crippen LogP contribution in [0, 0.1) is 5.41 Å². The van der Waals surface area contributed by atoms with E-state index in [0.29, 0.717) is 12.2 Å². The molecule has 100 valence electrons. The summed E-state index contributed by atoms with van der Waals surface area (Å²) in [6.45, 7) is 6.27.